The maximum absolute atomic E-state index is 5.94. The molecule has 0 spiro atoms. The largest absolute Gasteiger partial charge is 0.436 e. The molecule has 0 aliphatic rings. The third-order valence-corrected chi connectivity index (χ3v) is 3.72. The van der Waals surface area contributed by atoms with Crippen LogP contribution in [0.3, 0.4) is 0 Å². The summed E-state index contributed by atoms with van der Waals surface area (Å²) in [6.45, 7) is 4.00. The van der Waals surface area contributed by atoms with Crippen molar-refractivity contribution in [2.75, 3.05) is 5.88 Å². The molecule has 4 nitrogen and oxygen atoms in total. The van der Waals surface area contributed by atoms with Crippen molar-refractivity contribution in [1.82, 2.24) is 4.98 Å². The number of aromatic nitrogens is 1. The van der Waals surface area contributed by atoms with Gasteiger partial charge in [-0.3, -0.25) is 0 Å². The summed E-state index contributed by atoms with van der Waals surface area (Å²) in [5.74, 6) is 1.19. The normalized spacial score (nSPS) is 12.0. The third-order valence-electron chi connectivity index (χ3n) is 3.45. The van der Waals surface area contributed by atoms with E-state index in [0.717, 1.165) is 33.5 Å². The maximum atomic E-state index is 5.94. The van der Waals surface area contributed by atoms with E-state index in [4.69, 9.17) is 21.8 Å². The quantitative estimate of drug-likeness (QED) is 0.444. The molecule has 0 bridgehead atoms. The smallest absolute Gasteiger partial charge is 0.227 e. The third kappa shape index (κ3) is 2.70. The minimum Gasteiger partial charge on any atom is -0.436 e. The van der Waals surface area contributed by atoms with Crippen LogP contribution in [0.25, 0.3) is 22.6 Å². The Balaban J connectivity index is 2.14. The van der Waals surface area contributed by atoms with Gasteiger partial charge in [0.05, 0.1) is 11.6 Å². The fraction of sp³-hybridized carbons (Fsp3) is 0.176. The minimum atomic E-state index is 0.199. The highest BCUT2D eigenvalue weighted by Gasteiger charge is 2.12. The number of nitrogens with two attached hydrogens (primary N) is 1. The van der Waals surface area contributed by atoms with E-state index in [9.17, 15) is 0 Å². The molecule has 0 unspecified atom stereocenters. The standard InChI is InChI=1S/C17H16ClN3O/c1-10-5-3-4-6-13(10)17-21-14-8-12(20-15(19)9-18)7-11(2)16(14)22-17/h3-8H,9H2,1-2H3,(H2,19,20). The predicted molar refractivity (Wildman–Crippen MR) is 90.9 cm³/mol. The monoisotopic (exact) mass is 313 g/mol. The Hall–Kier alpha value is -2.33. The van der Waals surface area contributed by atoms with Crippen molar-refractivity contribution in [3.8, 4) is 11.5 Å². The Morgan fingerprint density at radius 2 is 2.00 bits per heavy atom. The van der Waals surface area contributed by atoms with Gasteiger partial charge in [-0.05, 0) is 43.2 Å². The summed E-state index contributed by atoms with van der Waals surface area (Å²) in [4.78, 5) is 8.86. The Labute approximate surface area is 133 Å². The number of hydrogen-bond donors (Lipinski definition) is 1. The second kappa shape index (κ2) is 5.81. The van der Waals surface area contributed by atoms with Gasteiger partial charge in [0.2, 0.25) is 5.89 Å². The van der Waals surface area contributed by atoms with E-state index < -0.39 is 0 Å². The van der Waals surface area contributed by atoms with E-state index in [1.54, 1.807) is 0 Å². The number of amidine groups is 1. The minimum absolute atomic E-state index is 0.199. The van der Waals surface area contributed by atoms with Crippen molar-refractivity contribution in [2.24, 2.45) is 10.7 Å². The molecule has 1 heterocycles. The first-order valence-corrected chi connectivity index (χ1v) is 7.48. The number of oxazole rings is 1. The lowest BCUT2D eigenvalue weighted by Gasteiger charge is -1.99. The molecule has 3 aromatic rings. The second-order valence-corrected chi connectivity index (χ2v) is 5.45. The first-order valence-electron chi connectivity index (χ1n) is 6.94. The summed E-state index contributed by atoms with van der Waals surface area (Å²) in [7, 11) is 0. The Morgan fingerprint density at radius 1 is 1.23 bits per heavy atom. The number of fused-ring (bicyclic) bond motifs is 1. The van der Waals surface area contributed by atoms with Crippen LogP contribution in [0.4, 0.5) is 5.69 Å². The van der Waals surface area contributed by atoms with Gasteiger partial charge in [0.25, 0.3) is 0 Å². The fourth-order valence-electron chi connectivity index (χ4n) is 2.37. The van der Waals surface area contributed by atoms with Crippen LogP contribution in [0.1, 0.15) is 11.1 Å². The number of nitrogens with zero attached hydrogens (tertiary/aromatic N) is 2. The molecule has 0 aliphatic heterocycles. The lowest BCUT2D eigenvalue weighted by atomic mass is 10.1. The zero-order valence-corrected chi connectivity index (χ0v) is 13.2. The molecular formula is C17H16ClN3O. The van der Waals surface area contributed by atoms with E-state index in [1.807, 2.05) is 50.2 Å². The van der Waals surface area contributed by atoms with Crippen LogP contribution in [0.5, 0.6) is 0 Å². The van der Waals surface area contributed by atoms with Crippen LogP contribution in [0, 0.1) is 13.8 Å². The molecule has 112 valence electrons. The topological polar surface area (TPSA) is 64.4 Å². The predicted octanol–water partition coefficient (Wildman–Crippen LogP) is 4.34. The second-order valence-electron chi connectivity index (χ2n) is 5.18. The maximum Gasteiger partial charge on any atom is 0.227 e. The van der Waals surface area contributed by atoms with Gasteiger partial charge in [-0.2, -0.15) is 0 Å². The van der Waals surface area contributed by atoms with E-state index in [1.165, 1.54) is 0 Å². The van der Waals surface area contributed by atoms with Crippen molar-refractivity contribution >= 4 is 34.2 Å². The highest BCUT2D eigenvalue weighted by atomic mass is 35.5. The first-order chi connectivity index (χ1) is 10.6. The van der Waals surface area contributed by atoms with Crippen molar-refractivity contribution < 1.29 is 4.42 Å². The van der Waals surface area contributed by atoms with Crippen molar-refractivity contribution in [3.05, 3.63) is 47.5 Å². The number of aliphatic imine (C=N–C) groups is 1. The lowest BCUT2D eigenvalue weighted by Crippen LogP contribution is -2.12. The number of aryl methyl sites for hydroxylation is 2. The van der Waals surface area contributed by atoms with Crippen LogP contribution in [-0.2, 0) is 0 Å². The van der Waals surface area contributed by atoms with Crippen molar-refractivity contribution in [1.29, 1.82) is 0 Å². The summed E-state index contributed by atoms with van der Waals surface area (Å²) < 4.78 is 5.94. The fourth-order valence-corrected chi connectivity index (χ4v) is 2.43. The van der Waals surface area contributed by atoms with Gasteiger partial charge in [0, 0.05) is 5.56 Å². The molecule has 5 heteroatoms. The molecule has 1 aromatic heterocycles. The van der Waals surface area contributed by atoms with Crippen LogP contribution >= 0.6 is 11.6 Å². The van der Waals surface area contributed by atoms with Gasteiger partial charge >= 0.3 is 0 Å². The van der Waals surface area contributed by atoms with Gasteiger partial charge in [-0.25, -0.2) is 9.98 Å². The number of hydrogen-bond acceptors (Lipinski definition) is 3. The van der Waals surface area contributed by atoms with E-state index in [2.05, 4.69) is 9.98 Å². The zero-order valence-electron chi connectivity index (χ0n) is 12.4. The molecule has 0 radical (unpaired) electrons. The summed E-state index contributed by atoms with van der Waals surface area (Å²) >= 11 is 5.67. The van der Waals surface area contributed by atoms with Crippen LogP contribution < -0.4 is 5.73 Å². The SMILES string of the molecule is Cc1ccccc1-c1nc2cc(N=C(N)CCl)cc(C)c2o1. The summed E-state index contributed by atoms with van der Waals surface area (Å²) in [6.07, 6.45) is 0. The molecule has 0 amide bonds. The van der Waals surface area contributed by atoms with E-state index >= 15 is 0 Å². The Kier molecular flexibility index (Phi) is 3.86. The van der Waals surface area contributed by atoms with Crippen molar-refractivity contribution in [2.45, 2.75) is 13.8 Å². The van der Waals surface area contributed by atoms with E-state index in [-0.39, 0.29) is 5.88 Å². The number of halogens is 1. The molecule has 0 saturated heterocycles. The van der Waals surface area contributed by atoms with Gasteiger partial charge in [0.15, 0.2) is 5.58 Å². The lowest BCUT2D eigenvalue weighted by molar-refractivity contribution is 0.617. The summed E-state index contributed by atoms with van der Waals surface area (Å²) in [5.41, 5.74) is 11.0. The number of alkyl halides is 1. The summed E-state index contributed by atoms with van der Waals surface area (Å²) in [6, 6.07) is 11.8. The van der Waals surface area contributed by atoms with Gasteiger partial charge < -0.3 is 10.2 Å². The Bertz CT molecular complexity index is 867. The molecule has 22 heavy (non-hydrogen) atoms. The highest BCUT2D eigenvalue weighted by Crippen LogP contribution is 2.31. The van der Waals surface area contributed by atoms with Crippen LogP contribution in [0.15, 0.2) is 45.8 Å². The zero-order chi connectivity index (χ0) is 15.7. The van der Waals surface area contributed by atoms with E-state index in [0.29, 0.717) is 11.7 Å². The Morgan fingerprint density at radius 3 is 2.73 bits per heavy atom. The molecule has 0 saturated carbocycles. The molecular weight excluding hydrogens is 298 g/mol. The molecule has 0 fully saturated rings. The molecule has 2 N–H and O–H groups in total. The molecule has 0 atom stereocenters. The van der Waals surface area contributed by atoms with Gasteiger partial charge in [0.1, 0.15) is 11.4 Å². The highest BCUT2D eigenvalue weighted by molar-refractivity contribution is 6.28. The van der Waals surface area contributed by atoms with Crippen molar-refractivity contribution in [3.63, 3.8) is 0 Å². The van der Waals surface area contributed by atoms with Crippen LogP contribution in [-0.4, -0.2) is 16.7 Å². The average Bonchev–Trinajstić information content (AvgIpc) is 2.92. The van der Waals surface area contributed by atoms with Gasteiger partial charge in [-0.1, -0.05) is 18.2 Å². The molecule has 0 aliphatic carbocycles. The van der Waals surface area contributed by atoms with Crippen LogP contribution in [0.2, 0.25) is 0 Å². The molecule has 3 rings (SSSR count). The van der Waals surface area contributed by atoms with Gasteiger partial charge in [-0.15, -0.1) is 11.6 Å². The number of rotatable bonds is 3. The number of benzene rings is 2. The molecule has 2 aromatic carbocycles. The average molecular weight is 314 g/mol. The summed E-state index contributed by atoms with van der Waals surface area (Å²) in [5, 5.41) is 0. The first kappa shape index (κ1) is 14.6.